The lowest BCUT2D eigenvalue weighted by Crippen LogP contribution is -2.29. The molecule has 0 aliphatic heterocycles. The van der Waals surface area contributed by atoms with Gasteiger partial charge in [-0.3, -0.25) is 14.5 Å². The van der Waals surface area contributed by atoms with Crippen LogP contribution in [0.3, 0.4) is 0 Å². The second-order valence-electron chi connectivity index (χ2n) is 30.2. The molecule has 1 heterocycles. The molecule has 0 bridgehead atoms. The number of aromatic carboxylic acids is 6. The maximum absolute atomic E-state index is 10.6. The zero-order chi connectivity index (χ0) is 95.8. The van der Waals surface area contributed by atoms with E-state index in [0.717, 1.165) is 106 Å². The van der Waals surface area contributed by atoms with Crippen molar-refractivity contribution >= 4 is 101 Å². The highest BCUT2D eigenvalue weighted by Gasteiger charge is 2.13. The summed E-state index contributed by atoms with van der Waals surface area (Å²) in [7, 11) is -0.642. The largest absolute Gasteiger partial charge is 0.488 e. The molecule has 0 amide bonds. The van der Waals surface area contributed by atoms with E-state index in [-0.39, 0.29) is 25.8 Å². The monoisotopic (exact) mass is 1770 g/mol. The van der Waals surface area contributed by atoms with Gasteiger partial charge in [-0.25, -0.2) is 28.8 Å². The lowest BCUT2D eigenvalue weighted by atomic mass is 9.80. The van der Waals surface area contributed by atoms with Crippen molar-refractivity contribution in [3.63, 3.8) is 0 Å². The van der Waals surface area contributed by atoms with Gasteiger partial charge in [0.15, 0.2) is 0 Å². The number of rotatable bonds is 30. The summed E-state index contributed by atoms with van der Waals surface area (Å²) in [5.74, 6) is -5.50. The van der Waals surface area contributed by atoms with E-state index in [0.29, 0.717) is 69.3 Å². The van der Waals surface area contributed by atoms with Gasteiger partial charge in [0.25, 0.3) is 0 Å². The van der Waals surface area contributed by atoms with Crippen molar-refractivity contribution in [1.82, 2.24) is 4.90 Å². The summed E-state index contributed by atoms with van der Waals surface area (Å²) in [6.07, 6.45) is 4.79. The Bertz CT molecular complexity index is 4990. The number of aliphatic carboxylic acids is 2. The second kappa shape index (κ2) is 63.1. The molecule has 0 unspecified atom stereocenters. The first-order valence-corrected chi connectivity index (χ1v) is 41.5. The number of carbonyl (C=O) groups is 8. The average Bonchev–Trinajstić information content (AvgIpc) is 1.73. The Hall–Kier alpha value is -13.8. The minimum atomic E-state index is -1.35. The van der Waals surface area contributed by atoms with Crippen LogP contribution in [0.5, 0.6) is 0 Å². The molecule has 0 spiro atoms. The van der Waals surface area contributed by atoms with Gasteiger partial charge in [-0.2, -0.15) is 0 Å². The first kappa shape index (κ1) is 113. The number of hydrogen-bond donors (Lipinski definition) is 17. The molecule has 0 aliphatic rings. The van der Waals surface area contributed by atoms with E-state index >= 15 is 0 Å². The third-order valence-corrected chi connectivity index (χ3v) is 17.7. The molecule has 0 aliphatic carbocycles. The Morgan fingerprint density at radius 2 is 0.636 bits per heavy atom. The first-order valence-electron chi connectivity index (χ1n) is 41.5. The number of furan rings is 1. The smallest absolute Gasteiger partial charge is 0.481 e. The van der Waals surface area contributed by atoms with Crippen molar-refractivity contribution in [2.45, 2.75) is 161 Å². The standard InChI is InChI=1S/C12H11NO3.C12H17NO2.2C11H15NO2.2C10H13NO2.2C9H10O2.C8H11BO2.C7H9BO2.CH4/c14-12(15)9-3-5-10(6-4-9)13-8-11-2-1-7-16-11;1-9(2)13(3)8-10-4-6-11(7-5-10)12(14)15;1-8(2)12-10-5-3-9(4-6-10)7-11(13)14;1-8(2)7-12-10-5-3-9(4-6-10)11(13)14;1-7(2)11-9-5-3-8(4-6-9)10(12)13;1-2-7-11-9-5-3-8(4-6-9)10(12)13;1-7-2-4-8(5-3-7)6-9(10)11;2*1-2-7-3-5-8(6-4-7)9(10)11;1-6-2-4-7(5-3-6)8(9)10;/h1-7,13H,8H2,(H,14,15);4-7,9H,8H2,1-3H3,(H,14,15);2*3-6,8,12H,7H2,1-2H3,(H,13,14);3-7,11H,1-2H3,(H,12,13);3-6,11H,2,7H2,1H3,(H,12,13);2-5H,6H2,1H3,(H,10,11);3-6H,2H2,1H3,(H,10,11);3-6,10-11H,2H2,1H3;2-5,9-10H,1H3;1H4. The van der Waals surface area contributed by atoms with Crippen LogP contribution in [0.2, 0.25) is 0 Å². The fourth-order valence-corrected chi connectivity index (χ4v) is 10.3. The molecule has 11 rings (SSSR count). The van der Waals surface area contributed by atoms with Crippen molar-refractivity contribution < 1.29 is 104 Å². The van der Waals surface area contributed by atoms with Gasteiger partial charge in [-0.1, -0.05) is 162 Å². The minimum absolute atomic E-state index is 0. The van der Waals surface area contributed by atoms with E-state index in [1.165, 1.54) is 5.56 Å². The Morgan fingerprint density at radius 1 is 0.357 bits per heavy atom. The van der Waals surface area contributed by atoms with Crippen LogP contribution < -0.4 is 37.5 Å². The SMILES string of the molecule is C.CC(C)CNc1ccc(C(=O)O)cc1.CC(C)N(C)Cc1ccc(C(=O)O)cc1.CC(C)Nc1ccc(C(=O)O)cc1.CC(C)Nc1ccc(CC(=O)O)cc1.CCCNc1ccc(C(=O)O)cc1.CCc1ccc(B(O)O)cc1.CCc1ccc(C(=O)O)cc1.Cc1ccc(B(O)O)cc1.Cc1ccc(CC(=O)O)cc1.O=C(O)c1ccc(NCc2ccco2)cc1. The molecule has 27 nitrogen and oxygen atoms in total. The molecule has 0 saturated heterocycles. The molecule has 0 atom stereocenters. The van der Waals surface area contributed by atoms with Gasteiger partial charge < -0.3 is 91.9 Å². The predicted molar refractivity (Wildman–Crippen MR) is 516 cm³/mol. The summed E-state index contributed by atoms with van der Waals surface area (Å²) < 4.78 is 5.16. The topological polar surface area (TPSA) is 456 Å². The number of hydrogen-bond acceptors (Lipinski definition) is 19. The van der Waals surface area contributed by atoms with E-state index in [9.17, 15) is 38.4 Å². The van der Waals surface area contributed by atoms with Gasteiger partial charge in [-0.15, -0.1) is 0 Å². The van der Waals surface area contributed by atoms with Crippen molar-refractivity contribution in [2.75, 3.05) is 46.7 Å². The highest BCUT2D eigenvalue weighted by Crippen LogP contribution is 2.17. The molecular weight excluding hydrogens is 1640 g/mol. The van der Waals surface area contributed by atoms with E-state index in [1.54, 1.807) is 152 Å². The van der Waals surface area contributed by atoms with Crippen LogP contribution in [0.25, 0.3) is 0 Å². The summed E-state index contributed by atoms with van der Waals surface area (Å²) in [4.78, 5) is 86.1. The number of aryl methyl sites for hydroxylation is 4. The third kappa shape index (κ3) is 51.4. The summed E-state index contributed by atoms with van der Waals surface area (Å²) in [5, 5.41) is 120. The van der Waals surface area contributed by atoms with Gasteiger partial charge in [0, 0.05) is 66.2 Å². The predicted octanol–water partition coefficient (Wildman–Crippen LogP) is 17.6. The molecule has 29 heteroatoms. The molecule has 10 aromatic carbocycles. The Balaban J connectivity index is 0.000000718. The first-order chi connectivity index (χ1) is 60.6. The molecule has 0 fully saturated rings. The lowest BCUT2D eigenvalue weighted by Gasteiger charge is -2.20. The third-order valence-electron chi connectivity index (χ3n) is 17.7. The number of benzene rings is 10. The second-order valence-corrected chi connectivity index (χ2v) is 30.2. The summed E-state index contributed by atoms with van der Waals surface area (Å²) in [6.45, 7) is 30.0. The molecule has 1 aromatic heterocycles. The summed E-state index contributed by atoms with van der Waals surface area (Å²) in [6, 6.07) is 75.0. The van der Waals surface area contributed by atoms with Gasteiger partial charge in [0.05, 0.1) is 59.0 Å². The van der Waals surface area contributed by atoms with Gasteiger partial charge in [0.2, 0.25) is 0 Å². The highest BCUT2D eigenvalue weighted by atomic mass is 16.4. The van der Waals surface area contributed by atoms with Crippen LogP contribution in [0.15, 0.2) is 265 Å². The maximum atomic E-state index is 10.6. The van der Waals surface area contributed by atoms with Crippen LogP contribution in [-0.2, 0) is 48.4 Å². The fraction of sp³-hybridized carbons (Fsp3) is 0.280. The fourth-order valence-electron chi connectivity index (χ4n) is 10.3. The molecule has 11 aromatic rings. The van der Waals surface area contributed by atoms with Crippen molar-refractivity contribution in [1.29, 1.82) is 0 Å². The van der Waals surface area contributed by atoms with E-state index in [1.807, 2.05) is 144 Å². The minimum Gasteiger partial charge on any atom is -0.481 e. The zero-order valence-corrected chi connectivity index (χ0v) is 75.1. The van der Waals surface area contributed by atoms with Crippen LogP contribution in [0, 0.1) is 19.8 Å². The Kier molecular flexibility index (Phi) is 55.4. The summed E-state index contributed by atoms with van der Waals surface area (Å²) >= 11 is 0. The van der Waals surface area contributed by atoms with Crippen molar-refractivity contribution in [3.05, 3.63) is 339 Å². The Labute approximate surface area is 758 Å². The quantitative estimate of drug-likeness (QED) is 0.0186. The molecular formula is C100H128B2N6O21. The highest BCUT2D eigenvalue weighted by molar-refractivity contribution is 6.59. The average molecular weight is 1770 g/mol. The maximum Gasteiger partial charge on any atom is 0.488 e. The van der Waals surface area contributed by atoms with E-state index in [2.05, 4.69) is 93.9 Å². The number of anilines is 5. The Morgan fingerprint density at radius 3 is 0.922 bits per heavy atom. The molecule has 129 heavy (non-hydrogen) atoms. The molecule has 17 N–H and O–H groups in total. The van der Waals surface area contributed by atoms with E-state index < -0.39 is 62.0 Å². The van der Waals surface area contributed by atoms with Gasteiger partial charge in [0.1, 0.15) is 5.76 Å². The van der Waals surface area contributed by atoms with Crippen LogP contribution >= 0.6 is 0 Å². The van der Waals surface area contributed by atoms with Crippen molar-refractivity contribution in [3.8, 4) is 0 Å². The van der Waals surface area contributed by atoms with Gasteiger partial charge >= 0.3 is 62.0 Å². The number of nitrogens with one attached hydrogen (secondary N) is 5. The van der Waals surface area contributed by atoms with Crippen molar-refractivity contribution in [2.24, 2.45) is 5.92 Å². The molecule has 0 saturated carbocycles. The molecule has 690 valence electrons. The molecule has 0 radical (unpaired) electrons. The van der Waals surface area contributed by atoms with Crippen LogP contribution in [0.4, 0.5) is 28.4 Å². The lowest BCUT2D eigenvalue weighted by molar-refractivity contribution is -0.137. The van der Waals surface area contributed by atoms with E-state index in [4.69, 9.17) is 65.4 Å². The van der Waals surface area contributed by atoms with Crippen LogP contribution in [0.1, 0.15) is 197 Å². The van der Waals surface area contributed by atoms with Gasteiger partial charge in [-0.05, 0) is 272 Å². The zero-order valence-electron chi connectivity index (χ0n) is 75.1. The number of carboxylic acid groups (broad SMARTS) is 8. The number of carboxylic acids is 8. The summed E-state index contributed by atoms with van der Waals surface area (Å²) in [5.41, 5.74) is 15.2. The van der Waals surface area contributed by atoms with Crippen LogP contribution in [-0.4, -0.2) is 166 Å². The normalized spacial score (nSPS) is 9.91. The number of nitrogens with zero attached hydrogens (tertiary/aromatic N) is 1.